The number of nitrogens with one attached hydrogen (secondary N) is 1. The molecule has 2 rings (SSSR count). The Hall–Kier alpha value is -0.0800. The fraction of sp³-hybridized carbons (Fsp3) is 1.00. The van der Waals surface area contributed by atoms with E-state index in [4.69, 9.17) is 4.74 Å². The zero-order valence-electron chi connectivity index (χ0n) is 10.0. The smallest absolute Gasteiger partial charge is 0.0491 e. The molecule has 2 unspecified atom stereocenters. The van der Waals surface area contributed by atoms with Crippen LogP contribution in [0.15, 0.2) is 0 Å². The quantitative estimate of drug-likeness (QED) is 0.774. The second-order valence-corrected chi connectivity index (χ2v) is 5.30. The van der Waals surface area contributed by atoms with E-state index in [9.17, 15) is 0 Å². The highest BCUT2D eigenvalue weighted by Gasteiger charge is 2.28. The lowest BCUT2D eigenvalue weighted by Crippen LogP contribution is -2.44. The van der Waals surface area contributed by atoms with Crippen LogP contribution in [-0.4, -0.2) is 26.3 Å². The summed E-state index contributed by atoms with van der Waals surface area (Å²) in [6, 6.07) is 0.791. The Kier molecular flexibility index (Phi) is 4.45. The molecule has 2 atom stereocenters. The van der Waals surface area contributed by atoms with Gasteiger partial charge in [0.25, 0.3) is 0 Å². The van der Waals surface area contributed by atoms with Crippen molar-refractivity contribution in [3.63, 3.8) is 0 Å². The van der Waals surface area contributed by atoms with Gasteiger partial charge in [0, 0.05) is 19.8 Å². The van der Waals surface area contributed by atoms with Gasteiger partial charge in [0.1, 0.15) is 0 Å². The van der Waals surface area contributed by atoms with E-state index in [0.29, 0.717) is 0 Å². The summed E-state index contributed by atoms with van der Waals surface area (Å²) in [6.07, 6.45) is 9.94. The topological polar surface area (TPSA) is 21.3 Å². The van der Waals surface area contributed by atoms with Crippen molar-refractivity contribution in [1.29, 1.82) is 0 Å². The van der Waals surface area contributed by atoms with Gasteiger partial charge in [-0.25, -0.2) is 0 Å². The van der Waals surface area contributed by atoms with Crippen molar-refractivity contribution < 1.29 is 4.74 Å². The van der Waals surface area contributed by atoms with E-state index >= 15 is 0 Å². The van der Waals surface area contributed by atoms with Gasteiger partial charge in [-0.05, 0) is 44.1 Å². The average molecular weight is 211 g/mol. The van der Waals surface area contributed by atoms with Crippen LogP contribution in [0.25, 0.3) is 0 Å². The summed E-state index contributed by atoms with van der Waals surface area (Å²) in [5, 5.41) is 3.72. The maximum Gasteiger partial charge on any atom is 0.0491 e. The van der Waals surface area contributed by atoms with Gasteiger partial charge in [0.2, 0.25) is 0 Å². The summed E-state index contributed by atoms with van der Waals surface area (Å²) < 4.78 is 5.29. The molecule has 0 aromatic heterocycles. The first kappa shape index (κ1) is 11.4. The molecule has 0 radical (unpaired) electrons. The first-order chi connectivity index (χ1) is 7.40. The number of piperidine rings is 1. The summed E-state index contributed by atoms with van der Waals surface area (Å²) in [5.74, 6) is 1.77. The zero-order chi connectivity index (χ0) is 10.5. The number of hydrogen-bond acceptors (Lipinski definition) is 2. The Bertz CT molecular complexity index is 175. The van der Waals surface area contributed by atoms with E-state index in [2.05, 4.69) is 5.32 Å². The molecule has 1 aliphatic heterocycles. The molecule has 1 heterocycles. The summed E-state index contributed by atoms with van der Waals surface area (Å²) in [7, 11) is 1.83. The van der Waals surface area contributed by atoms with E-state index in [-0.39, 0.29) is 0 Å². The highest BCUT2D eigenvalue weighted by atomic mass is 16.5. The molecule has 0 aromatic rings. The molecule has 2 aliphatic rings. The average Bonchev–Trinajstić information content (AvgIpc) is 2.31. The van der Waals surface area contributed by atoms with Crippen LogP contribution in [0, 0.1) is 11.8 Å². The second-order valence-electron chi connectivity index (χ2n) is 5.30. The largest absolute Gasteiger partial charge is 0.384 e. The van der Waals surface area contributed by atoms with Gasteiger partial charge in [-0.2, -0.15) is 0 Å². The first-order valence-corrected chi connectivity index (χ1v) is 6.62. The highest BCUT2D eigenvalue weighted by Crippen LogP contribution is 2.31. The number of rotatable bonds is 3. The van der Waals surface area contributed by atoms with E-state index in [0.717, 1.165) is 24.5 Å². The van der Waals surface area contributed by atoms with Crippen LogP contribution in [-0.2, 0) is 4.74 Å². The van der Waals surface area contributed by atoms with E-state index < -0.39 is 0 Å². The summed E-state index contributed by atoms with van der Waals surface area (Å²) in [4.78, 5) is 0. The third kappa shape index (κ3) is 3.18. The summed E-state index contributed by atoms with van der Waals surface area (Å²) in [5.41, 5.74) is 0. The Labute approximate surface area is 93.8 Å². The Balaban J connectivity index is 1.80. The van der Waals surface area contributed by atoms with Crippen LogP contribution >= 0.6 is 0 Å². The van der Waals surface area contributed by atoms with Gasteiger partial charge in [-0.1, -0.05) is 19.3 Å². The Morgan fingerprint density at radius 1 is 1.13 bits per heavy atom. The van der Waals surface area contributed by atoms with Gasteiger partial charge in [0.15, 0.2) is 0 Å². The predicted molar refractivity (Wildman–Crippen MR) is 63.0 cm³/mol. The molecule has 2 fully saturated rings. The predicted octanol–water partition coefficient (Wildman–Crippen LogP) is 2.58. The van der Waals surface area contributed by atoms with Gasteiger partial charge >= 0.3 is 0 Å². The maximum atomic E-state index is 5.29. The molecule has 1 saturated carbocycles. The van der Waals surface area contributed by atoms with E-state index in [1.54, 1.807) is 0 Å². The SMILES string of the molecule is COCC1CCNC(C2CCCCC2)C1. The molecule has 1 saturated heterocycles. The van der Waals surface area contributed by atoms with Gasteiger partial charge in [0.05, 0.1) is 0 Å². The third-order valence-electron chi connectivity index (χ3n) is 4.17. The highest BCUT2D eigenvalue weighted by molar-refractivity contribution is 4.85. The maximum absolute atomic E-state index is 5.29. The number of methoxy groups -OCH3 is 1. The van der Waals surface area contributed by atoms with Gasteiger partial charge in [-0.15, -0.1) is 0 Å². The first-order valence-electron chi connectivity index (χ1n) is 6.62. The molecule has 88 valence electrons. The van der Waals surface area contributed by atoms with Crippen molar-refractivity contribution in [1.82, 2.24) is 5.32 Å². The number of hydrogen-bond donors (Lipinski definition) is 1. The lowest BCUT2D eigenvalue weighted by Gasteiger charge is -2.37. The fourth-order valence-corrected chi connectivity index (χ4v) is 3.32. The van der Waals surface area contributed by atoms with Crippen LogP contribution in [0.1, 0.15) is 44.9 Å². The minimum atomic E-state index is 0.791. The summed E-state index contributed by atoms with van der Waals surface area (Å²) >= 11 is 0. The van der Waals surface area contributed by atoms with Crippen molar-refractivity contribution in [3.8, 4) is 0 Å². The van der Waals surface area contributed by atoms with Crippen LogP contribution in [0.4, 0.5) is 0 Å². The molecule has 1 aliphatic carbocycles. The minimum absolute atomic E-state index is 0.791. The van der Waals surface area contributed by atoms with Crippen molar-refractivity contribution >= 4 is 0 Å². The molecule has 2 heteroatoms. The normalized spacial score (nSPS) is 34.2. The molecule has 0 aromatic carbocycles. The fourth-order valence-electron chi connectivity index (χ4n) is 3.32. The minimum Gasteiger partial charge on any atom is -0.384 e. The van der Waals surface area contributed by atoms with Crippen molar-refractivity contribution in [2.45, 2.75) is 51.0 Å². The van der Waals surface area contributed by atoms with Crippen LogP contribution in [0.2, 0.25) is 0 Å². The second kappa shape index (κ2) is 5.86. The van der Waals surface area contributed by atoms with Crippen molar-refractivity contribution in [2.24, 2.45) is 11.8 Å². The molecule has 0 spiro atoms. The van der Waals surface area contributed by atoms with Gasteiger partial charge in [-0.3, -0.25) is 0 Å². The van der Waals surface area contributed by atoms with Crippen molar-refractivity contribution in [2.75, 3.05) is 20.3 Å². The van der Waals surface area contributed by atoms with Crippen LogP contribution in [0.3, 0.4) is 0 Å². The van der Waals surface area contributed by atoms with Crippen molar-refractivity contribution in [3.05, 3.63) is 0 Å². The molecule has 2 nitrogen and oxygen atoms in total. The Morgan fingerprint density at radius 3 is 2.67 bits per heavy atom. The van der Waals surface area contributed by atoms with Crippen LogP contribution < -0.4 is 5.32 Å². The number of ether oxygens (including phenoxy) is 1. The molecular weight excluding hydrogens is 186 g/mol. The van der Waals surface area contributed by atoms with E-state index in [1.807, 2.05) is 7.11 Å². The lowest BCUT2D eigenvalue weighted by atomic mass is 9.78. The molecular formula is C13H25NO. The molecule has 0 bridgehead atoms. The summed E-state index contributed by atoms with van der Waals surface area (Å²) in [6.45, 7) is 2.17. The molecule has 1 N–H and O–H groups in total. The molecule has 15 heavy (non-hydrogen) atoms. The van der Waals surface area contributed by atoms with Crippen LogP contribution in [0.5, 0.6) is 0 Å². The third-order valence-corrected chi connectivity index (χ3v) is 4.17. The standard InChI is InChI=1S/C13H25NO/c1-15-10-11-7-8-14-13(9-11)12-5-3-2-4-6-12/h11-14H,2-10H2,1H3. The monoisotopic (exact) mass is 211 g/mol. The molecule has 0 amide bonds. The zero-order valence-corrected chi connectivity index (χ0v) is 10.0. The lowest BCUT2D eigenvalue weighted by molar-refractivity contribution is 0.107. The van der Waals surface area contributed by atoms with Gasteiger partial charge < -0.3 is 10.1 Å². The Morgan fingerprint density at radius 2 is 1.93 bits per heavy atom. The van der Waals surface area contributed by atoms with E-state index in [1.165, 1.54) is 51.5 Å².